The van der Waals surface area contributed by atoms with E-state index in [1.165, 1.54) is 0 Å². The number of carbonyl (C=O) groups is 1. The largest absolute Gasteiger partial charge is 0.394 e. The highest BCUT2D eigenvalue weighted by Gasteiger charge is 2.37. The quantitative estimate of drug-likeness (QED) is 0.785. The molecule has 0 aliphatic carbocycles. The molecule has 0 spiro atoms. The number of nitrogens with zero attached hydrogens (tertiary/aromatic N) is 1. The van der Waals surface area contributed by atoms with Gasteiger partial charge in [0.1, 0.15) is 5.82 Å². The van der Waals surface area contributed by atoms with Crippen molar-refractivity contribution < 1.29 is 19.4 Å². The molecule has 1 amide bonds. The second-order valence-electron chi connectivity index (χ2n) is 8.28. The zero-order valence-corrected chi connectivity index (χ0v) is 17.9. The summed E-state index contributed by atoms with van der Waals surface area (Å²) >= 11 is 6.16. The first kappa shape index (κ1) is 21.8. The van der Waals surface area contributed by atoms with Crippen molar-refractivity contribution in [3.05, 3.63) is 69.0 Å². The molecular formula is C23H27ClFNO3. The lowest BCUT2D eigenvalue weighted by atomic mass is 9.81. The number of halogens is 2. The van der Waals surface area contributed by atoms with Crippen molar-refractivity contribution in [1.82, 2.24) is 4.90 Å². The van der Waals surface area contributed by atoms with E-state index >= 15 is 0 Å². The maximum atomic E-state index is 14.6. The van der Waals surface area contributed by atoms with E-state index < -0.39 is 17.5 Å². The molecule has 2 atom stereocenters. The van der Waals surface area contributed by atoms with E-state index in [-0.39, 0.29) is 35.6 Å². The van der Waals surface area contributed by atoms with Crippen LogP contribution in [-0.4, -0.2) is 33.7 Å². The van der Waals surface area contributed by atoms with Crippen LogP contribution in [0.1, 0.15) is 54.6 Å². The van der Waals surface area contributed by atoms with Crippen LogP contribution in [0.2, 0.25) is 5.02 Å². The number of hydrogen-bond donors (Lipinski definition) is 2. The monoisotopic (exact) mass is 419 g/mol. The van der Waals surface area contributed by atoms with Crippen molar-refractivity contribution in [3.8, 4) is 0 Å². The molecule has 1 aliphatic rings. The third-order valence-electron chi connectivity index (χ3n) is 5.78. The number of amides is 1. The number of hydrogen-bond acceptors (Lipinski definition) is 3. The Morgan fingerprint density at radius 3 is 2.62 bits per heavy atom. The van der Waals surface area contributed by atoms with Gasteiger partial charge in [0.05, 0.1) is 30.7 Å². The van der Waals surface area contributed by atoms with Gasteiger partial charge in [-0.1, -0.05) is 35.9 Å². The fourth-order valence-corrected chi connectivity index (χ4v) is 4.50. The third-order valence-corrected chi connectivity index (χ3v) is 6.13. The molecule has 0 radical (unpaired) electrons. The molecule has 29 heavy (non-hydrogen) atoms. The minimum absolute atomic E-state index is 0.173. The fourth-order valence-electron chi connectivity index (χ4n) is 4.29. The molecule has 2 aromatic carbocycles. The Morgan fingerprint density at radius 2 is 2.00 bits per heavy atom. The van der Waals surface area contributed by atoms with Gasteiger partial charge in [0, 0.05) is 10.6 Å². The summed E-state index contributed by atoms with van der Waals surface area (Å²) in [4.78, 5) is 14.8. The first-order valence-electron chi connectivity index (χ1n) is 9.76. The topological polar surface area (TPSA) is 60.8 Å². The highest BCUT2D eigenvalue weighted by atomic mass is 35.5. The van der Waals surface area contributed by atoms with Gasteiger partial charge in [-0.25, -0.2) is 4.39 Å². The summed E-state index contributed by atoms with van der Waals surface area (Å²) in [5.74, 6) is -0.761. The van der Waals surface area contributed by atoms with E-state index in [1.54, 1.807) is 37.8 Å². The Kier molecular flexibility index (Phi) is 6.04. The Hall–Kier alpha value is -1.95. The second-order valence-corrected chi connectivity index (χ2v) is 8.69. The molecule has 6 heteroatoms. The number of benzene rings is 2. The van der Waals surface area contributed by atoms with Crippen LogP contribution in [0, 0.1) is 12.7 Å². The molecule has 0 bridgehead atoms. The van der Waals surface area contributed by atoms with Gasteiger partial charge in [-0.05, 0) is 62.4 Å². The molecule has 4 nitrogen and oxygen atoms in total. The lowest BCUT2D eigenvalue weighted by Crippen LogP contribution is -2.49. The van der Waals surface area contributed by atoms with Crippen LogP contribution < -0.4 is 0 Å². The van der Waals surface area contributed by atoms with E-state index in [4.69, 9.17) is 11.6 Å². The SMILES string of the molecule is Cc1ccc(Cl)c(CC(=O)N2[C@@H](CO)Cc3c(cccc3C(C)(C)O)[C@@H]2C)c1F. The summed E-state index contributed by atoms with van der Waals surface area (Å²) in [6.07, 6.45) is 0.250. The molecule has 2 N–H and O–H groups in total. The molecule has 0 saturated heterocycles. The highest BCUT2D eigenvalue weighted by molar-refractivity contribution is 6.31. The van der Waals surface area contributed by atoms with Gasteiger partial charge in [-0.15, -0.1) is 0 Å². The number of fused-ring (bicyclic) bond motifs is 1. The second kappa shape index (κ2) is 8.05. The van der Waals surface area contributed by atoms with E-state index in [2.05, 4.69) is 0 Å². The van der Waals surface area contributed by atoms with Crippen LogP contribution in [0.5, 0.6) is 0 Å². The van der Waals surface area contributed by atoms with Gasteiger partial charge in [0.15, 0.2) is 0 Å². The third kappa shape index (κ3) is 4.04. The molecule has 0 saturated carbocycles. The average Bonchev–Trinajstić information content (AvgIpc) is 2.66. The minimum atomic E-state index is -1.03. The smallest absolute Gasteiger partial charge is 0.228 e. The standard InChI is InChI=1S/C23H27ClFNO3/c1-13-8-9-20(24)18(22(13)25)11-21(28)26-14(2)16-6-5-7-19(23(3,4)29)17(16)10-15(26)12-27/h5-9,14-15,27,29H,10-12H2,1-4H3/t14-,15+/m0/s1. The Bertz CT molecular complexity index is 938. The summed E-state index contributed by atoms with van der Waals surface area (Å²) in [5, 5.41) is 20.8. The first-order chi connectivity index (χ1) is 13.6. The van der Waals surface area contributed by atoms with Crippen LogP contribution in [0.25, 0.3) is 0 Å². The molecule has 0 fully saturated rings. The van der Waals surface area contributed by atoms with Crippen LogP contribution in [0.4, 0.5) is 4.39 Å². The predicted octanol–water partition coefficient (Wildman–Crippen LogP) is 4.06. The maximum Gasteiger partial charge on any atom is 0.228 e. The molecule has 0 unspecified atom stereocenters. The van der Waals surface area contributed by atoms with E-state index in [0.29, 0.717) is 12.0 Å². The highest BCUT2D eigenvalue weighted by Crippen LogP contribution is 2.38. The van der Waals surface area contributed by atoms with Gasteiger partial charge in [0.25, 0.3) is 0 Å². The first-order valence-corrected chi connectivity index (χ1v) is 10.1. The summed E-state index contributed by atoms with van der Waals surface area (Å²) < 4.78 is 14.6. The average molecular weight is 420 g/mol. The number of aryl methyl sites for hydroxylation is 1. The molecular weight excluding hydrogens is 393 g/mol. The number of rotatable bonds is 4. The summed E-state index contributed by atoms with van der Waals surface area (Å²) in [6.45, 7) is 6.75. The Labute approximate surface area is 175 Å². The lowest BCUT2D eigenvalue weighted by Gasteiger charge is -2.43. The molecule has 1 heterocycles. The van der Waals surface area contributed by atoms with Crippen molar-refractivity contribution in [3.63, 3.8) is 0 Å². The van der Waals surface area contributed by atoms with E-state index in [0.717, 1.165) is 16.7 Å². The summed E-state index contributed by atoms with van der Waals surface area (Å²) in [7, 11) is 0. The summed E-state index contributed by atoms with van der Waals surface area (Å²) in [5.41, 5.74) is 2.25. The van der Waals surface area contributed by atoms with Crippen molar-refractivity contribution in [2.45, 2.75) is 58.2 Å². The molecule has 1 aliphatic heterocycles. The van der Waals surface area contributed by atoms with E-state index in [1.807, 2.05) is 25.1 Å². The van der Waals surface area contributed by atoms with Crippen molar-refractivity contribution in [1.29, 1.82) is 0 Å². The van der Waals surface area contributed by atoms with E-state index in [9.17, 15) is 19.4 Å². The molecule has 3 rings (SSSR count). The van der Waals surface area contributed by atoms with Crippen LogP contribution in [0.3, 0.4) is 0 Å². The normalized spacial score (nSPS) is 19.2. The van der Waals surface area contributed by atoms with Crippen molar-refractivity contribution in [2.75, 3.05) is 6.61 Å². The molecule has 0 aromatic heterocycles. The van der Waals surface area contributed by atoms with Gasteiger partial charge in [0.2, 0.25) is 5.91 Å². The molecule has 156 valence electrons. The predicted molar refractivity (Wildman–Crippen MR) is 111 cm³/mol. The fraction of sp³-hybridized carbons (Fsp3) is 0.435. The van der Waals surface area contributed by atoms with Crippen LogP contribution in [-0.2, 0) is 23.2 Å². The maximum absolute atomic E-state index is 14.6. The zero-order valence-electron chi connectivity index (χ0n) is 17.2. The van der Waals surface area contributed by atoms with Gasteiger partial charge < -0.3 is 15.1 Å². The van der Waals surface area contributed by atoms with Crippen molar-refractivity contribution >= 4 is 17.5 Å². The zero-order chi connectivity index (χ0) is 21.5. The van der Waals surface area contributed by atoms with Crippen molar-refractivity contribution in [2.24, 2.45) is 0 Å². The minimum Gasteiger partial charge on any atom is -0.394 e. The van der Waals surface area contributed by atoms with Gasteiger partial charge in [-0.2, -0.15) is 0 Å². The lowest BCUT2D eigenvalue weighted by molar-refractivity contribution is -0.137. The Morgan fingerprint density at radius 1 is 1.31 bits per heavy atom. The van der Waals surface area contributed by atoms with Crippen LogP contribution >= 0.6 is 11.6 Å². The number of aliphatic hydroxyl groups is 2. The van der Waals surface area contributed by atoms with Gasteiger partial charge >= 0.3 is 0 Å². The molecule has 2 aromatic rings. The number of aliphatic hydroxyl groups excluding tert-OH is 1. The number of carbonyl (C=O) groups excluding carboxylic acids is 1. The van der Waals surface area contributed by atoms with Gasteiger partial charge in [-0.3, -0.25) is 4.79 Å². The Balaban J connectivity index is 1.99. The van der Waals surface area contributed by atoms with Crippen LogP contribution in [0.15, 0.2) is 30.3 Å². The summed E-state index contributed by atoms with van der Waals surface area (Å²) in [6, 6.07) is 8.07.